The molecule has 3 N–H and O–H groups in total. The van der Waals surface area contributed by atoms with Gasteiger partial charge in [0.1, 0.15) is 0 Å². The third kappa shape index (κ3) is 2.85. The van der Waals surface area contributed by atoms with E-state index in [9.17, 15) is 23.1 Å². The molecule has 7 heteroatoms. The first-order chi connectivity index (χ1) is 6.33. The lowest BCUT2D eigenvalue weighted by molar-refractivity contribution is -0.174. The van der Waals surface area contributed by atoms with Crippen LogP contribution >= 0.6 is 0 Å². The lowest BCUT2D eigenvalue weighted by Gasteiger charge is -2.21. The van der Waals surface area contributed by atoms with Gasteiger partial charge in [-0.2, -0.15) is 13.2 Å². The smallest absolute Gasteiger partial charge is 0.387 e. The van der Waals surface area contributed by atoms with Crippen LogP contribution in [0.3, 0.4) is 0 Å². The number of aliphatic hydroxyl groups is 1. The first-order valence-electron chi connectivity index (χ1n) is 4.12. The molecule has 0 aromatic carbocycles. The van der Waals surface area contributed by atoms with Crippen LogP contribution in [0.2, 0.25) is 0 Å². The molecule has 1 aliphatic rings. The van der Waals surface area contributed by atoms with Crippen molar-refractivity contribution in [1.82, 2.24) is 10.6 Å². The molecule has 0 spiro atoms. The summed E-state index contributed by atoms with van der Waals surface area (Å²) in [6.45, 7) is 0.363. The summed E-state index contributed by atoms with van der Waals surface area (Å²) >= 11 is 0. The average Bonchev–Trinajstić information content (AvgIpc) is 2.47. The molecule has 1 saturated heterocycles. The third-order valence-corrected chi connectivity index (χ3v) is 2.06. The van der Waals surface area contributed by atoms with Crippen LogP contribution in [0.4, 0.5) is 13.2 Å². The number of amides is 1. The van der Waals surface area contributed by atoms with Crippen LogP contribution in [0.5, 0.6) is 0 Å². The fourth-order valence-corrected chi connectivity index (χ4v) is 1.23. The van der Waals surface area contributed by atoms with Gasteiger partial charge in [0.25, 0.3) is 0 Å². The maximum absolute atomic E-state index is 11.7. The summed E-state index contributed by atoms with van der Waals surface area (Å²) < 4.78 is 35.2. The van der Waals surface area contributed by atoms with E-state index in [0.717, 1.165) is 0 Å². The van der Waals surface area contributed by atoms with Crippen molar-refractivity contribution in [1.29, 1.82) is 0 Å². The molecular weight excluding hydrogens is 201 g/mol. The molecular formula is C7H11F3N2O2. The van der Waals surface area contributed by atoms with Crippen LogP contribution in [-0.4, -0.2) is 42.4 Å². The van der Waals surface area contributed by atoms with Crippen molar-refractivity contribution in [2.24, 2.45) is 0 Å². The molecule has 0 aromatic heterocycles. The molecule has 1 heterocycles. The van der Waals surface area contributed by atoms with Gasteiger partial charge in [-0.3, -0.25) is 4.79 Å². The molecule has 0 bridgehead atoms. The van der Waals surface area contributed by atoms with Crippen LogP contribution < -0.4 is 10.6 Å². The van der Waals surface area contributed by atoms with E-state index in [0.29, 0.717) is 13.0 Å². The zero-order valence-electron chi connectivity index (χ0n) is 7.32. The van der Waals surface area contributed by atoms with Crippen LogP contribution in [0.1, 0.15) is 6.42 Å². The topological polar surface area (TPSA) is 61.4 Å². The lowest BCUT2D eigenvalue weighted by Crippen LogP contribution is -2.48. The highest BCUT2D eigenvalue weighted by atomic mass is 19.4. The van der Waals surface area contributed by atoms with Gasteiger partial charge in [0.2, 0.25) is 0 Å². The summed E-state index contributed by atoms with van der Waals surface area (Å²) in [6.07, 6.45) is -4.55. The first kappa shape index (κ1) is 11.3. The van der Waals surface area contributed by atoms with Gasteiger partial charge in [-0.15, -0.1) is 0 Å². The monoisotopic (exact) mass is 212 g/mol. The number of carbonyl (C=O) groups is 1. The Hall–Kier alpha value is -0.820. The minimum absolute atomic E-state index is 0.200. The lowest BCUT2D eigenvalue weighted by atomic mass is 10.0. The fourth-order valence-electron chi connectivity index (χ4n) is 1.23. The Balaban J connectivity index is 2.37. The third-order valence-electron chi connectivity index (χ3n) is 2.06. The Morgan fingerprint density at radius 2 is 2.21 bits per heavy atom. The van der Waals surface area contributed by atoms with Gasteiger partial charge >= 0.3 is 12.1 Å². The zero-order chi connectivity index (χ0) is 10.8. The predicted octanol–water partition coefficient (Wildman–Crippen LogP) is -0.611. The minimum Gasteiger partial charge on any atom is -0.387 e. The minimum atomic E-state index is -4.89. The molecule has 0 radical (unpaired) electrons. The number of β-amino-alcohol motifs (C(OH)–C–C–N with tert-alkyl or cyclic N) is 1. The molecule has 1 fully saturated rings. The van der Waals surface area contributed by atoms with Gasteiger partial charge < -0.3 is 15.7 Å². The summed E-state index contributed by atoms with van der Waals surface area (Å²) in [6, 6.07) is 0. The largest absolute Gasteiger partial charge is 0.471 e. The van der Waals surface area contributed by atoms with Crippen molar-refractivity contribution < 1.29 is 23.1 Å². The highest BCUT2D eigenvalue weighted by molar-refractivity contribution is 5.81. The summed E-state index contributed by atoms with van der Waals surface area (Å²) in [5, 5.41) is 14.0. The molecule has 0 aliphatic carbocycles. The number of rotatable bonds is 2. The van der Waals surface area contributed by atoms with Crippen molar-refractivity contribution in [3.05, 3.63) is 0 Å². The molecule has 0 saturated carbocycles. The van der Waals surface area contributed by atoms with Gasteiger partial charge in [-0.25, -0.2) is 0 Å². The summed E-state index contributed by atoms with van der Waals surface area (Å²) in [5.41, 5.74) is -1.25. The first-order valence-corrected chi connectivity index (χ1v) is 4.12. The molecule has 82 valence electrons. The summed E-state index contributed by atoms with van der Waals surface area (Å²) in [7, 11) is 0. The number of alkyl halides is 3. The Labute approximate surface area is 78.5 Å². The highest BCUT2D eigenvalue weighted by Crippen LogP contribution is 2.16. The Morgan fingerprint density at radius 3 is 2.64 bits per heavy atom. The number of nitrogens with one attached hydrogen (secondary N) is 2. The van der Waals surface area contributed by atoms with E-state index < -0.39 is 17.7 Å². The number of hydrogen-bond acceptors (Lipinski definition) is 3. The van der Waals surface area contributed by atoms with Crippen molar-refractivity contribution in [2.45, 2.75) is 18.2 Å². The standard InChI is InChI=1S/C7H11F3N2O2/c8-7(9,10)5(13)12-4-6(14)1-2-11-3-6/h11,14H,1-4H2,(H,12,13). The normalized spacial score (nSPS) is 27.7. The van der Waals surface area contributed by atoms with Crippen LogP contribution in [0.25, 0.3) is 0 Å². The molecule has 0 aromatic rings. The van der Waals surface area contributed by atoms with E-state index in [-0.39, 0.29) is 13.1 Å². The number of halogens is 3. The van der Waals surface area contributed by atoms with Gasteiger partial charge in [0.15, 0.2) is 0 Å². The van der Waals surface area contributed by atoms with E-state index in [4.69, 9.17) is 0 Å². The number of carbonyl (C=O) groups excluding carboxylic acids is 1. The molecule has 1 amide bonds. The average molecular weight is 212 g/mol. The second-order valence-corrected chi connectivity index (χ2v) is 3.33. The molecule has 1 aliphatic heterocycles. The van der Waals surface area contributed by atoms with Crippen LogP contribution in [0.15, 0.2) is 0 Å². The number of hydrogen-bond donors (Lipinski definition) is 3. The second kappa shape index (κ2) is 3.74. The Bertz CT molecular complexity index is 223. The predicted molar refractivity (Wildman–Crippen MR) is 41.5 cm³/mol. The van der Waals surface area contributed by atoms with E-state index >= 15 is 0 Å². The fraction of sp³-hybridized carbons (Fsp3) is 0.857. The second-order valence-electron chi connectivity index (χ2n) is 3.33. The Morgan fingerprint density at radius 1 is 1.57 bits per heavy atom. The maximum Gasteiger partial charge on any atom is 0.471 e. The molecule has 4 nitrogen and oxygen atoms in total. The quantitative estimate of drug-likeness (QED) is 0.572. The van der Waals surface area contributed by atoms with Gasteiger partial charge in [0, 0.05) is 13.1 Å². The van der Waals surface area contributed by atoms with Crippen molar-refractivity contribution in [2.75, 3.05) is 19.6 Å². The van der Waals surface area contributed by atoms with Gasteiger partial charge in [-0.05, 0) is 13.0 Å². The summed E-state index contributed by atoms with van der Waals surface area (Å²) in [4.78, 5) is 10.4. The van der Waals surface area contributed by atoms with E-state index in [1.165, 1.54) is 0 Å². The van der Waals surface area contributed by atoms with Crippen LogP contribution in [0, 0.1) is 0 Å². The maximum atomic E-state index is 11.7. The SMILES string of the molecule is O=C(NCC1(O)CCNC1)C(F)(F)F. The molecule has 1 rings (SSSR count). The van der Waals surface area contributed by atoms with Gasteiger partial charge in [-0.1, -0.05) is 0 Å². The van der Waals surface area contributed by atoms with E-state index in [1.807, 2.05) is 0 Å². The van der Waals surface area contributed by atoms with Crippen LogP contribution in [-0.2, 0) is 4.79 Å². The summed E-state index contributed by atoms with van der Waals surface area (Å²) in [5.74, 6) is -2.02. The highest BCUT2D eigenvalue weighted by Gasteiger charge is 2.40. The Kier molecular flexibility index (Phi) is 3.01. The molecule has 1 atom stereocenters. The van der Waals surface area contributed by atoms with Crippen molar-refractivity contribution >= 4 is 5.91 Å². The molecule has 1 unspecified atom stereocenters. The van der Waals surface area contributed by atoms with E-state index in [2.05, 4.69) is 5.32 Å². The van der Waals surface area contributed by atoms with Gasteiger partial charge in [0.05, 0.1) is 5.60 Å². The van der Waals surface area contributed by atoms with E-state index in [1.54, 1.807) is 5.32 Å². The zero-order valence-corrected chi connectivity index (χ0v) is 7.32. The molecule has 14 heavy (non-hydrogen) atoms. The van der Waals surface area contributed by atoms with Crippen molar-refractivity contribution in [3.8, 4) is 0 Å². The van der Waals surface area contributed by atoms with Crippen molar-refractivity contribution in [3.63, 3.8) is 0 Å².